The van der Waals surface area contributed by atoms with Gasteiger partial charge in [-0.1, -0.05) is 49.6 Å². The summed E-state index contributed by atoms with van der Waals surface area (Å²) in [6.45, 7) is 0.453. The maximum Gasteiger partial charge on any atom is 0.331 e. The van der Waals surface area contributed by atoms with Crippen molar-refractivity contribution in [3.8, 4) is 0 Å². The molecule has 4 amide bonds. The molecule has 0 spiro atoms. The third-order valence-corrected chi connectivity index (χ3v) is 6.69. The summed E-state index contributed by atoms with van der Waals surface area (Å²) < 4.78 is 1.97. The molecule has 0 atom stereocenters. The summed E-state index contributed by atoms with van der Waals surface area (Å²) >= 11 is 0. The number of urea groups is 1. The third kappa shape index (κ3) is 4.32. The van der Waals surface area contributed by atoms with Gasteiger partial charge in [-0.3, -0.25) is 29.9 Å². The number of nitro groups is 1. The molecule has 35 heavy (non-hydrogen) atoms. The smallest absolute Gasteiger partial charge is 0.331 e. The lowest BCUT2D eigenvalue weighted by atomic mass is 9.93. The number of nitro benzene ring substituents is 1. The Hall–Kier alpha value is -4.27. The summed E-state index contributed by atoms with van der Waals surface area (Å²) in [5.74, 6) is -1.25. The average molecular weight is 473 g/mol. The summed E-state index contributed by atoms with van der Waals surface area (Å²) in [7, 11) is 0. The van der Waals surface area contributed by atoms with Gasteiger partial charge < -0.3 is 4.57 Å². The fourth-order valence-electron chi connectivity index (χ4n) is 4.94. The fourth-order valence-corrected chi connectivity index (χ4v) is 4.94. The average Bonchev–Trinajstić information content (AvgIpc) is 3.20. The molecule has 9 heteroatoms. The lowest BCUT2D eigenvalue weighted by Gasteiger charge is -2.35. The van der Waals surface area contributed by atoms with Gasteiger partial charge in [-0.05, 0) is 30.5 Å². The minimum atomic E-state index is -0.695. The van der Waals surface area contributed by atoms with Crippen molar-refractivity contribution in [2.75, 3.05) is 0 Å². The second-order valence-corrected chi connectivity index (χ2v) is 8.94. The van der Waals surface area contributed by atoms with Crippen molar-refractivity contribution >= 4 is 40.5 Å². The first-order valence-electron chi connectivity index (χ1n) is 11.6. The van der Waals surface area contributed by atoms with E-state index in [-0.39, 0.29) is 17.3 Å². The highest BCUT2D eigenvalue weighted by molar-refractivity contribution is 6.31. The highest BCUT2D eigenvalue weighted by Gasteiger charge is 2.40. The quantitative estimate of drug-likeness (QED) is 0.256. The zero-order chi connectivity index (χ0) is 24.5. The van der Waals surface area contributed by atoms with Gasteiger partial charge in [0.1, 0.15) is 5.57 Å². The Labute approximate surface area is 201 Å². The molecule has 1 saturated heterocycles. The maximum atomic E-state index is 13.3. The van der Waals surface area contributed by atoms with Crippen LogP contribution in [0.25, 0.3) is 17.0 Å². The van der Waals surface area contributed by atoms with E-state index < -0.39 is 22.8 Å². The van der Waals surface area contributed by atoms with Gasteiger partial charge in [-0.15, -0.1) is 0 Å². The maximum absolute atomic E-state index is 13.3. The number of imide groups is 2. The molecule has 1 N–H and O–H groups in total. The topological polar surface area (TPSA) is 115 Å². The molecule has 9 nitrogen and oxygen atoms in total. The minimum absolute atomic E-state index is 0.0235. The number of carbonyl (C=O) groups excluding carboxylic acids is 3. The van der Waals surface area contributed by atoms with Crippen LogP contribution in [0.5, 0.6) is 0 Å². The Balaban J connectivity index is 1.50. The standard InChI is InChI=1S/C26H24N4O5/c31-24-22(25(32)29(26(33)27-24)19-6-2-1-3-7-19)14-18-16-28(23-9-5-4-8-21(18)23)15-17-10-12-20(13-11-17)30(34)35/h4-5,8-14,16,19H,1-3,6-7,15H2,(H,27,31,33)/b22-14-. The molecular weight excluding hydrogens is 448 g/mol. The SMILES string of the molecule is O=C1NC(=O)N(C2CCCCC2)C(=O)/C1=C\c1cn(Cc2ccc([N+](=O)[O-])cc2)c2ccccc12. The number of aromatic nitrogens is 1. The van der Waals surface area contributed by atoms with Gasteiger partial charge >= 0.3 is 6.03 Å². The van der Waals surface area contributed by atoms with E-state index in [9.17, 15) is 24.5 Å². The lowest BCUT2D eigenvalue weighted by Crippen LogP contribution is -2.58. The Morgan fingerprint density at radius 2 is 1.71 bits per heavy atom. The van der Waals surface area contributed by atoms with Crippen LogP contribution >= 0.6 is 0 Å². The molecule has 1 aliphatic heterocycles. The van der Waals surface area contributed by atoms with Crippen LogP contribution in [0.4, 0.5) is 10.5 Å². The molecule has 5 rings (SSSR count). The van der Waals surface area contributed by atoms with Crippen molar-refractivity contribution in [3.63, 3.8) is 0 Å². The highest BCUT2D eigenvalue weighted by atomic mass is 16.6. The number of benzene rings is 2. The molecule has 178 valence electrons. The number of para-hydroxylation sites is 1. The van der Waals surface area contributed by atoms with E-state index in [1.807, 2.05) is 35.0 Å². The van der Waals surface area contributed by atoms with Gasteiger partial charge in [0.2, 0.25) is 0 Å². The first kappa shape index (κ1) is 22.5. The molecule has 1 aliphatic carbocycles. The van der Waals surface area contributed by atoms with Crippen LogP contribution < -0.4 is 5.32 Å². The zero-order valence-corrected chi connectivity index (χ0v) is 19.0. The van der Waals surface area contributed by atoms with Gasteiger partial charge in [-0.2, -0.15) is 0 Å². The number of hydrogen-bond acceptors (Lipinski definition) is 5. The second kappa shape index (κ2) is 9.17. The van der Waals surface area contributed by atoms with Crippen LogP contribution in [0.1, 0.15) is 43.2 Å². The van der Waals surface area contributed by atoms with Crippen molar-refractivity contribution in [2.45, 2.75) is 44.7 Å². The number of rotatable bonds is 5. The molecule has 1 saturated carbocycles. The van der Waals surface area contributed by atoms with Gasteiger partial charge in [0, 0.05) is 47.4 Å². The van der Waals surface area contributed by atoms with E-state index in [0.29, 0.717) is 12.1 Å². The molecular formula is C26H24N4O5. The summed E-state index contributed by atoms with van der Waals surface area (Å²) in [6, 6.07) is 13.1. The van der Waals surface area contributed by atoms with Crippen LogP contribution in [0.15, 0.2) is 60.3 Å². The summed E-state index contributed by atoms with van der Waals surface area (Å²) in [5, 5.41) is 14.1. The van der Waals surface area contributed by atoms with Crippen LogP contribution in [-0.2, 0) is 16.1 Å². The Kier molecular flexibility index (Phi) is 5.90. The van der Waals surface area contributed by atoms with Crippen LogP contribution in [0.2, 0.25) is 0 Å². The number of non-ortho nitro benzene ring substituents is 1. The van der Waals surface area contributed by atoms with Crippen molar-refractivity contribution in [1.29, 1.82) is 0 Å². The summed E-state index contributed by atoms with van der Waals surface area (Å²) in [4.78, 5) is 50.2. The minimum Gasteiger partial charge on any atom is -0.342 e. The largest absolute Gasteiger partial charge is 0.342 e. The highest BCUT2D eigenvalue weighted by Crippen LogP contribution is 2.29. The predicted octanol–water partition coefficient (Wildman–Crippen LogP) is 4.39. The molecule has 0 unspecified atom stereocenters. The summed E-state index contributed by atoms with van der Waals surface area (Å²) in [6.07, 6.45) is 7.87. The molecule has 2 aliphatic rings. The van der Waals surface area contributed by atoms with E-state index in [0.717, 1.165) is 48.6 Å². The number of barbiturate groups is 1. The third-order valence-electron chi connectivity index (χ3n) is 6.69. The van der Waals surface area contributed by atoms with Crippen molar-refractivity contribution in [3.05, 3.63) is 81.5 Å². The van der Waals surface area contributed by atoms with E-state index in [1.54, 1.807) is 18.2 Å². The zero-order valence-electron chi connectivity index (χ0n) is 19.0. The van der Waals surface area contributed by atoms with Crippen molar-refractivity contribution < 1.29 is 19.3 Å². The van der Waals surface area contributed by atoms with E-state index in [2.05, 4.69) is 5.32 Å². The first-order valence-corrected chi connectivity index (χ1v) is 11.6. The number of carbonyl (C=O) groups is 3. The summed E-state index contributed by atoms with van der Waals surface area (Å²) in [5.41, 5.74) is 2.40. The van der Waals surface area contributed by atoms with E-state index >= 15 is 0 Å². The molecule has 1 aromatic heterocycles. The molecule has 2 heterocycles. The fraction of sp³-hybridized carbons (Fsp3) is 0.269. The number of hydrogen-bond donors (Lipinski definition) is 1. The van der Waals surface area contributed by atoms with Gasteiger partial charge in [0.15, 0.2) is 0 Å². The number of amides is 4. The van der Waals surface area contributed by atoms with Gasteiger partial charge in [-0.25, -0.2) is 4.79 Å². The monoisotopic (exact) mass is 472 g/mol. The van der Waals surface area contributed by atoms with Crippen LogP contribution in [0, 0.1) is 10.1 Å². The van der Waals surface area contributed by atoms with Gasteiger partial charge in [0.25, 0.3) is 17.5 Å². The number of nitrogens with one attached hydrogen (secondary N) is 1. The van der Waals surface area contributed by atoms with E-state index in [1.165, 1.54) is 17.0 Å². The number of fused-ring (bicyclic) bond motifs is 1. The normalized spacial score (nSPS) is 18.3. The van der Waals surface area contributed by atoms with Crippen molar-refractivity contribution in [1.82, 2.24) is 14.8 Å². The van der Waals surface area contributed by atoms with Crippen LogP contribution in [-0.4, -0.2) is 38.3 Å². The van der Waals surface area contributed by atoms with Crippen molar-refractivity contribution in [2.24, 2.45) is 0 Å². The van der Waals surface area contributed by atoms with Crippen LogP contribution in [0.3, 0.4) is 0 Å². The molecule has 0 radical (unpaired) electrons. The molecule has 3 aromatic rings. The predicted molar refractivity (Wildman–Crippen MR) is 129 cm³/mol. The Morgan fingerprint density at radius 3 is 2.43 bits per heavy atom. The number of nitrogens with zero attached hydrogens (tertiary/aromatic N) is 3. The first-order chi connectivity index (χ1) is 16.9. The second-order valence-electron chi connectivity index (χ2n) is 8.94. The Morgan fingerprint density at radius 1 is 1.00 bits per heavy atom. The van der Waals surface area contributed by atoms with E-state index in [4.69, 9.17) is 0 Å². The van der Waals surface area contributed by atoms with Gasteiger partial charge in [0.05, 0.1) is 4.92 Å². The molecule has 0 bridgehead atoms. The molecule has 2 aromatic carbocycles. The Bertz CT molecular complexity index is 1370. The lowest BCUT2D eigenvalue weighted by molar-refractivity contribution is -0.384. The molecule has 2 fully saturated rings.